The van der Waals surface area contributed by atoms with E-state index in [1.807, 2.05) is 0 Å². The van der Waals surface area contributed by atoms with Gasteiger partial charge in [0.25, 0.3) is 0 Å². The lowest BCUT2D eigenvalue weighted by molar-refractivity contribution is -0.138. The summed E-state index contributed by atoms with van der Waals surface area (Å²) < 4.78 is 5.08. The van der Waals surface area contributed by atoms with Gasteiger partial charge < -0.3 is 15.2 Å². The summed E-state index contributed by atoms with van der Waals surface area (Å²) in [6, 6.07) is 0.0838. The summed E-state index contributed by atoms with van der Waals surface area (Å²) >= 11 is 0. The van der Waals surface area contributed by atoms with Crippen LogP contribution in [0, 0.1) is 0 Å². The first-order valence-electron chi connectivity index (χ1n) is 6.05. The number of carboxylic acids is 1. The summed E-state index contributed by atoms with van der Waals surface area (Å²) in [5.74, 6) is -0.761. The third-order valence-corrected chi connectivity index (χ3v) is 3.35. The Morgan fingerprint density at radius 1 is 1.53 bits per heavy atom. The summed E-state index contributed by atoms with van der Waals surface area (Å²) in [5, 5.41) is 11.5. The van der Waals surface area contributed by atoms with Crippen LogP contribution < -0.4 is 5.32 Å². The molecule has 0 aromatic heterocycles. The number of alkyl carbamates (subject to hydrolysis) is 1. The van der Waals surface area contributed by atoms with E-state index in [1.165, 1.54) is 0 Å². The largest absolute Gasteiger partial charge is 0.481 e. The third kappa shape index (κ3) is 3.33. The smallest absolute Gasteiger partial charge is 0.407 e. The van der Waals surface area contributed by atoms with E-state index in [2.05, 4.69) is 10.2 Å². The van der Waals surface area contributed by atoms with E-state index in [1.54, 1.807) is 0 Å². The molecule has 0 radical (unpaired) electrons. The van der Waals surface area contributed by atoms with Crippen molar-refractivity contribution >= 4 is 12.1 Å². The molecular formula is C11H18N2O4. The van der Waals surface area contributed by atoms with Gasteiger partial charge in [0.2, 0.25) is 0 Å². The Hall–Kier alpha value is -1.30. The minimum Gasteiger partial charge on any atom is -0.481 e. The quantitative estimate of drug-likeness (QED) is 0.747. The van der Waals surface area contributed by atoms with Crippen LogP contribution in [0.1, 0.15) is 25.7 Å². The molecule has 6 nitrogen and oxygen atoms in total. The van der Waals surface area contributed by atoms with Gasteiger partial charge in [0, 0.05) is 12.6 Å². The van der Waals surface area contributed by atoms with Crippen molar-refractivity contribution in [3.8, 4) is 0 Å². The van der Waals surface area contributed by atoms with Crippen LogP contribution in [0.25, 0.3) is 0 Å². The molecule has 2 aliphatic heterocycles. The van der Waals surface area contributed by atoms with E-state index in [-0.39, 0.29) is 24.7 Å². The van der Waals surface area contributed by atoms with Crippen LogP contribution in [0.2, 0.25) is 0 Å². The van der Waals surface area contributed by atoms with Crippen LogP contribution >= 0.6 is 0 Å². The number of carbonyl (C=O) groups is 2. The summed E-state index contributed by atoms with van der Waals surface area (Å²) in [4.78, 5) is 23.8. The van der Waals surface area contributed by atoms with Crippen LogP contribution in [0.15, 0.2) is 0 Å². The van der Waals surface area contributed by atoms with Gasteiger partial charge in [-0.25, -0.2) is 4.79 Å². The molecule has 0 spiro atoms. The number of amides is 1. The number of rotatable bonds is 4. The lowest BCUT2D eigenvalue weighted by atomic mass is 9.99. The number of likely N-dealkylation sites (tertiary alicyclic amines) is 1. The first kappa shape index (κ1) is 12.2. The number of hydrogen-bond acceptors (Lipinski definition) is 4. The molecule has 0 bridgehead atoms. The topological polar surface area (TPSA) is 78.9 Å². The number of cyclic esters (lactones) is 1. The molecule has 2 rings (SSSR count). The first-order chi connectivity index (χ1) is 8.15. The zero-order valence-corrected chi connectivity index (χ0v) is 9.72. The molecule has 2 heterocycles. The number of ether oxygens (including phenoxy) is 1. The maximum absolute atomic E-state index is 10.9. The van der Waals surface area contributed by atoms with Crippen molar-refractivity contribution in [2.75, 3.05) is 19.6 Å². The molecular weight excluding hydrogens is 224 g/mol. The van der Waals surface area contributed by atoms with E-state index in [0.29, 0.717) is 13.1 Å². The fourth-order valence-corrected chi connectivity index (χ4v) is 2.53. The molecule has 2 aliphatic rings. The van der Waals surface area contributed by atoms with Crippen molar-refractivity contribution in [1.82, 2.24) is 10.2 Å². The van der Waals surface area contributed by atoms with E-state index in [0.717, 1.165) is 25.8 Å². The molecule has 0 aromatic rings. The molecule has 2 saturated heterocycles. The number of carboxylic acid groups (broad SMARTS) is 1. The molecule has 2 atom stereocenters. The monoisotopic (exact) mass is 242 g/mol. The zero-order chi connectivity index (χ0) is 12.3. The van der Waals surface area contributed by atoms with Crippen molar-refractivity contribution in [1.29, 1.82) is 0 Å². The second-order valence-corrected chi connectivity index (χ2v) is 4.65. The van der Waals surface area contributed by atoms with Crippen LogP contribution in [0.4, 0.5) is 4.79 Å². The number of hydrogen-bond donors (Lipinski definition) is 2. The van der Waals surface area contributed by atoms with E-state index >= 15 is 0 Å². The lowest BCUT2D eigenvalue weighted by Gasteiger charge is -2.35. The van der Waals surface area contributed by atoms with E-state index in [4.69, 9.17) is 9.84 Å². The molecule has 17 heavy (non-hydrogen) atoms. The number of piperidine rings is 1. The van der Waals surface area contributed by atoms with Crippen LogP contribution in [-0.2, 0) is 9.53 Å². The van der Waals surface area contributed by atoms with Crippen molar-refractivity contribution < 1.29 is 19.4 Å². The Kier molecular flexibility index (Phi) is 3.83. The fraction of sp³-hybridized carbons (Fsp3) is 0.818. The highest BCUT2D eigenvalue weighted by Crippen LogP contribution is 2.20. The second kappa shape index (κ2) is 5.35. The van der Waals surface area contributed by atoms with Crippen LogP contribution in [0.5, 0.6) is 0 Å². The Morgan fingerprint density at radius 3 is 3.00 bits per heavy atom. The molecule has 6 heteroatoms. The van der Waals surface area contributed by atoms with Gasteiger partial charge in [0.1, 0.15) is 6.10 Å². The van der Waals surface area contributed by atoms with Gasteiger partial charge in [-0.05, 0) is 19.4 Å². The Bertz CT molecular complexity index is 308. The van der Waals surface area contributed by atoms with Gasteiger partial charge in [0.05, 0.1) is 13.0 Å². The zero-order valence-electron chi connectivity index (χ0n) is 9.72. The fourth-order valence-electron chi connectivity index (χ4n) is 2.53. The standard InChI is InChI=1S/C11H18N2O4/c14-10(15)5-8-3-1-2-4-13(8)7-9-6-12-11(16)17-9/h8-9H,1-7H2,(H,12,16)(H,14,15). The number of nitrogens with zero attached hydrogens (tertiary/aromatic N) is 1. The summed E-state index contributed by atoms with van der Waals surface area (Å²) in [6.45, 7) is 2.05. The highest BCUT2D eigenvalue weighted by molar-refractivity contribution is 5.69. The average Bonchev–Trinajstić information content (AvgIpc) is 2.66. The molecule has 96 valence electrons. The number of carbonyl (C=O) groups excluding carboxylic acids is 1. The SMILES string of the molecule is O=C(O)CC1CCCCN1CC1CNC(=O)O1. The molecule has 2 fully saturated rings. The third-order valence-electron chi connectivity index (χ3n) is 3.35. The second-order valence-electron chi connectivity index (χ2n) is 4.65. The van der Waals surface area contributed by atoms with Gasteiger partial charge in [-0.1, -0.05) is 6.42 Å². The van der Waals surface area contributed by atoms with Crippen molar-refractivity contribution in [3.63, 3.8) is 0 Å². The Balaban J connectivity index is 1.87. The average molecular weight is 242 g/mol. The van der Waals surface area contributed by atoms with E-state index in [9.17, 15) is 9.59 Å². The highest BCUT2D eigenvalue weighted by atomic mass is 16.6. The molecule has 2 N–H and O–H groups in total. The molecule has 0 aliphatic carbocycles. The predicted octanol–water partition coefficient (Wildman–Crippen LogP) is 0.424. The van der Waals surface area contributed by atoms with Crippen molar-refractivity contribution in [3.05, 3.63) is 0 Å². The lowest BCUT2D eigenvalue weighted by Crippen LogP contribution is -2.45. The Labute approximate surface area is 99.9 Å². The van der Waals surface area contributed by atoms with Gasteiger partial charge in [-0.3, -0.25) is 9.69 Å². The molecule has 1 amide bonds. The maximum Gasteiger partial charge on any atom is 0.407 e. The van der Waals surface area contributed by atoms with Gasteiger partial charge in [-0.15, -0.1) is 0 Å². The number of nitrogens with one attached hydrogen (secondary N) is 1. The van der Waals surface area contributed by atoms with Crippen molar-refractivity contribution in [2.24, 2.45) is 0 Å². The van der Waals surface area contributed by atoms with Gasteiger partial charge in [0.15, 0.2) is 0 Å². The predicted molar refractivity (Wildman–Crippen MR) is 59.7 cm³/mol. The van der Waals surface area contributed by atoms with Gasteiger partial charge in [-0.2, -0.15) is 0 Å². The number of aliphatic carboxylic acids is 1. The summed E-state index contributed by atoms with van der Waals surface area (Å²) in [6.07, 6.45) is 2.74. The maximum atomic E-state index is 10.9. The molecule has 0 saturated carbocycles. The highest BCUT2D eigenvalue weighted by Gasteiger charge is 2.30. The minimum atomic E-state index is -0.761. The van der Waals surface area contributed by atoms with Crippen LogP contribution in [-0.4, -0.2) is 53.8 Å². The first-order valence-corrected chi connectivity index (χ1v) is 6.05. The summed E-state index contributed by atoms with van der Waals surface area (Å²) in [7, 11) is 0. The van der Waals surface area contributed by atoms with Crippen LogP contribution in [0.3, 0.4) is 0 Å². The van der Waals surface area contributed by atoms with Crippen molar-refractivity contribution in [2.45, 2.75) is 37.8 Å². The van der Waals surface area contributed by atoms with Gasteiger partial charge >= 0.3 is 12.1 Å². The van der Waals surface area contributed by atoms with E-state index < -0.39 is 5.97 Å². The summed E-state index contributed by atoms with van der Waals surface area (Å²) in [5.41, 5.74) is 0. The Morgan fingerprint density at radius 2 is 2.35 bits per heavy atom. The minimum absolute atomic E-state index is 0.0838. The molecule has 2 unspecified atom stereocenters. The molecule has 0 aromatic carbocycles. The normalized spacial score (nSPS) is 29.8.